The number of hydrogen-bond acceptors (Lipinski definition) is 7. The van der Waals surface area contributed by atoms with Crippen molar-refractivity contribution in [3.05, 3.63) is 94.0 Å². The highest BCUT2D eigenvalue weighted by Gasteiger charge is 2.55. The van der Waals surface area contributed by atoms with Crippen LogP contribution in [0.2, 0.25) is 0 Å². The molecule has 0 spiro atoms. The highest BCUT2D eigenvalue weighted by Crippen LogP contribution is 2.40. The number of aliphatic hydroxyl groups is 1. The van der Waals surface area contributed by atoms with Gasteiger partial charge in [-0.25, -0.2) is 4.79 Å². The molecule has 1 aliphatic heterocycles. The Hall–Kier alpha value is -3.36. The first-order valence-corrected chi connectivity index (χ1v) is 11.4. The molecule has 0 bridgehead atoms. The van der Waals surface area contributed by atoms with Crippen molar-refractivity contribution in [2.75, 3.05) is 14.2 Å². The summed E-state index contributed by atoms with van der Waals surface area (Å²) in [7, 11) is 2.80. The van der Waals surface area contributed by atoms with Crippen LogP contribution in [0.5, 0.6) is 11.5 Å². The predicted octanol–water partition coefficient (Wildman–Crippen LogP) is 4.81. The molecule has 2 atom stereocenters. The molecule has 8 heteroatoms. The highest BCUT2D eigenvalue weighted by molar-refractivity contribution is 9.10. The standard InChI is InChI=1S/C26H24BrNO6/c1-31-20-13-9-18(10-14-20)24(29)26(25(30)32-2)15-22(28-34-26)21-5-3-4-6-23(21)33-16-17-7-11-19(27)12-8-17/h3-14,24,29H,15-16H2,1-2H3. The van der Waals surface area contributed by atoms with Gasteiger partial charge in [0, 0.05) is 10.0 Å². The summed E-state index contributed by atoms with van der Waals surface area (Å²) in [6.45, 7) is 0.356. The molecule has 176 valence electrons. The van der Waals surface area contributed by atoms with Crippen LogP contribution in [0.3, 0.4) is 0 Å². The van der Waals surface area contributed by atoms with Gasteiger partial charge in [0.05, 0.1) is 26.4 Å². The van der Waals surface area contributed by atoms with Crippen molar-refractivity contribution >= 4 is 27.6 Å². The number of oxime groups is 1. The minimum absolute atomic E-state index is 0.00548. The number of nitrogens with zero attached hydrogens (tertiary/aromatic N) is 1. The lowest BCUT2D eigenvalue weighted by atomic mass is 9.85. The van der Waals surface area contributed by atoms with E-state index in [1.54, 1.807) is 31.4 Å². The molecule has 2 unspecified atom stereocenters. The van der Waals surface area contributed by atoms with Crippen LogP contribution in [-0.4, -0.2) is 36.6 Å². The van der Waals surface area contributed by atoms with Gasteiger partial charge < -0.3 is 24.2 Å². The second-order valence-electron chi connectivity index (χ2n) is 7.77. The Morgan fingerprint density at radius 3 is 2.47 bits per heavy atom. The Bertz CT molecular complexity index is 1180. The SMILES string of the molecule is COC(=O)C1(C(O)c2ccc(OC)cc2)CC(c2ccccc2OCc2ccc(Br)cc2)=NO1. The van der Waals surface area contributed by atoms with Gasteiger partial charge in [-0.1, -0.05) is 57.5 Å². The van der Waals surface area contributed by atoms with Crippen LogP contribution >= 0.6 is 15.9 Å². The number of methoxy groups -OCH3 is 2. The first-order valence-electron chi connectivity index (χ1n) is 10.6. The first kappa shape index (κ1) is 23.8. The molecule has 1 N–H and O–H groups in total. The third kappa shape index (κ3) is 4.78. The normalized spacial score (nSPS) is 17.9. The number of halogens is 1. The number of carbonyl (C=O) groups excluding carboxylic acids is 1. The van der Waals surface area contributed by atoms with Crippen LogP contribution in [0.25, 0.3) is 0 Å². The molecular weight excluding hydrogens is 502 g/mol. The van der Waals surface area contributed by atoms with E-state index in [1.165, 1.54) is 7.11 Å². The van der Waals surface area contributed by atoms with E-state index in [0.717, 1.165) is 10.0 Å². The van der Waals surface area contributed by atoms with E-state index < -0.39 is 17.7 Å². The van der Waals surface area contributed by atoms with Gasteiger partial charge in [-0.3, -0.25) is 0 Å². The predicted molar refractivity (Wildman–Crippen MR) is 130 cm³/mol. The van der Waals surface area contributed by atoms with Gasteiger partial charge in [0.15, 0.2) is 0 Å². The van der Waals surface area contributed by atoms with Gasteiger partial charge in [0.25, 0.3) is 5.60 Å². The van der Waals surface area contributed by atoms with E-state index in [0.29, 0.717) is 34.9 Å². The summed E-state index contributed by atoms with van der Waals surface area (Å²) in [5.74, 6) is 0.499. The summed E-state index contributed by atoms with van der Waals surface area (Å²) in [5.41, 5.74) is 0.901. The first-order chi connectivity index (χ1) is 16.5. The van der Waals surface area contributed by atoms with Crippen LogP contribution in [-0.2, 0) is 21.0 Å². The number of ether oxygens (including phenoxy) is 3. The Labute approximate surface area is 206 Å². The number of benzene rings is 3. The number of hydrogen-bond donors (Lipinski definition) is 1. The zero-order valence-corrected chi connectivity index (χ0v) is 20.3. The molecule has 0 fully saturated rings. The molecule has 0 aliphatic carbocycles. The summed E-state index contributed by atoms with van der Waals surface area (Å²) in [5, 5.41) is 15.4. The van der Waals surface area contributed by atoms with Crippen molar-refractivity contribution in [1.29, 1.82) is 0 Å². The quantitative estimate of drug-likeness (QED) is 0.425. The van der Waals surface area contributed by atoms with Crippen molar-refractivity contribution in [3.8, 4) is 11.5 Å². The number of carbonyl (C=O) groups is 1. The summed E-state index contributed by atoms with van der Waals surface area (Å²) >= 11 is 3.43. The van der Waals surface area contributed by atoms with E-state index in [1.807, 2.05) is 48.5 Å². The van der Waals surface area contributed by atoms with Crippen LogP contribution in [0.1, 0.15) is 29.2 Å². The molecule has 1 aliphatic rings. The summed E-state index contributed by atoms with van der Waals surface area (Å²) in [6.07, 6.45) is -1.31. The third-order valence-electron chi connectivity index (χ3n) is 5.66. The van der Waals surface area contributed by atoms with Gasteiger partial charge in [0.2, 0.25) is 0 Å². The molecule has 34 heavy (non-hydrogen) atoms. The molecule has 0 amide bonds. The monoisotopic (exact) mass is 525 g/mol. The largest absolute Gasteiger partial charge is 0.497 e. The van der Waals surface area contributed by atoms with Crippen molar-refractivity contribution in [2.45, 2.75) is 24.7 Å². The van der Waals surface area contributed by atoms with E-state index in [4.69, 9.17) is 19.0 Å². The Balaban J connectivity index is 1.58. The smallest absolute Gasteiger partial charge is 0.356 e. The second-order valence-corrected chi connectivity index (χ2v) is 8.69. The maximum atomic E-state index is 12.8. The summed E-state index contributed by atoms with van der Waals surface area (Å²) < 4.78 is 17.2. The van der Waals surface area contributed by atoms with E-state index in [2.05, 4.69) is 21.1 Å². The van der Waals surface area contributed by atoms with Crippen molar-refractivity contribution < 1.29 is 28.9 Å². The molecule has 7 nitrogen and oxygen atoms in total. The van der Waals surface area contributed by atoms with Gasteiger partial charge in [-0.2, -0.15) is 0 Å². The molecular formula is C26H24BrNO6. The van der Waals surface area contributed by atoms with Gasteiger partial charge in [-0.05, 0) is 47.5 Å². The minimum atomic E-state index is -1.72. The summed E-state index contributed by atoms with van der Waals surface area (Å²) in [6, 6.07) is 22.0. The maximum Gasteiger partial charge on any atom is 0.356 e. The average Bonchev–Trinajstić information content (AvgIpc) is 3.34. The molecule has 3 aromatic carbocycles. The fourth-order valence-corrected chi connectivity index (χ4v) is 4.03. The number of para-hydroxylation sites is 1. The van der Waals surface area contributed by atoms with Crippen LogP contribution in [0, 0.1) is 0 Å². The van der Waals surface area contributed by atoms with Crippen molar-refractivity contribution in [2.24, 2.45) is 5.16 Å². The lowest BCUT2D eigenvalue weighted by Crippen LogP contribution is -2.46. The average molecular weight is 526 g/mol. The van der Waals surface area contributed by atoms with Crippen molar-refractivity contribution in [1.82, 2.24) is 0 Å². The number of aliphatic hydroxyl groups excluding tert-OH is 1. The van der Waals surface area contributed by atoms with Gasteiger partial charge in [0.1, 0.15) is 24.2 Å². The number of esters is 1. The summed E-state index contributed by atoms with van der Waals surface area (Å²) in [4.78, 5) is 18.5. The van der Waals surface area contributed by atoms with E-state index in [-0.39, 0.29) is 6.42 Å². The zero-order valence-electron chi connectivity index (χ0n) is 18.7. The highest BCUT2D eigenvalue weighted by atomic mass is 79.9. The molecule has 3 aromatic rings. The van der Waals surface area contributed by atoms with Crippen LogP contribution in [0.15, 0.2) is 82.4 Å². The Morgan fingerprint density at radius 2 is 1.79 bits per heavy atom. The molecule has 4 rings (SSSR count). The molecule has 1 heterocycles. The lowest BCUT2D eigenvalue weighted by Gasteiger charge is -2.29. The van der Waals surface area contributed by atoms with Gasteiger partial charge >= 0.3 is 5.97 Å². The third-order valence-corrected chi connectivity index (χ3v) is 6.19. The molecule has 0 aromatic heterocycles. The molecule has 0 radical (unpaired) electrons. The zero-order chi connectivity index (χ0) is 24.1. The fourth-order valence-electron chi connectivity index (χ4n) is 3.76. The Morgan fingerprint density at radius 1 is 1.09 bits per heavy atom. The molecule has 0 saturated carbocycles. The Kier molecular flexibility index (Phi) is 7.19. The maximum absolute atomic E-state index is 12.8. The molecule has 0 saturated heterocycles. The second kappa shape index (κ2) is 10.3. The lowest BCUT2D eigenvalue weighted by molar-refractivity contribution is -0.182. The van der Waals surface area contributed by atoms with Crippen LogP contribution in [0.4, 0.5) is 0 Å². The van der Waals surface area contributed by atoms with E-state index in [9.17, 15) is 9.90 Å². The van der Waals surface area contributed by atoms with Crippen LogP contribution < -0.4 is 9.47 Å². The number of rotatable bonds is 8. The van der Waals surface area contributed by atoms with Crippen molar-refractivity contribution in [3.63, 3.8) is 0 Å². The van der Waals surface area contributed by atoms with Gasteiger partial charge in [-0.15, -0.1) is 0 Å². The van der Waals surface area contributed by atoms with E-state index >= 15 is 0 Å². The topological polar surface area (TPSA) is 86.6 Å². The minimum Gasteiger partial charge on any atom is -0.497 e. The fraction of sp³-hybridized carbons (Fsp3) is 0.231.